The van der Waals surface area contributed by atoms with Gasteiger partial charge >= 0.3 is 0 Å². The molecule has 16 heavy (non-hydrogen) atoms. The molecule has 2 atom stereocenters. The van der Waals surface area contributed by atoms with Gasteiger partial charge in [-0.1, -0.05) is 0 Å². The summed E-state index contributed by atoms with van der Waals surface area (Å²) in [6, 6.07) is 3.60. The number of carbonyl (C=O) groups is 1. The van der Waals surface area contributed by atoms with Crippen LogP contribution in [-0.4, -0.2) is 23.4 Å². The van der Waals surface area contributed by atoms with Gasteiger partial charge in [0, 0.05) is 19.0 Å². The summed E-state index contributed by atoms with van der Waals surface area (Å²) in [5.74, 6) is 0.974. The number of nitrogens with two attached hydrogens (primary N) is 1. The molecule has 1 fully saturated rings. The molecule has 0 aromatic carbocycles. The lowest BCUT2D eigenvalue weighted by molar-refractivity contribution is -0.133. The maximum atomic E-state index is 11.9. The third kappa shape index (κ3) is 1.97. The molecule has 4 heteroatoms. The number of furan rings is 1. The first-order chi connectivity index (χ1) is 7.74. The summed E-state index contributed by atoms with van der Waals surface area (Å²) in [5, 5.41) is 0. The van der Waals surface area contributed by atoms with E-state index in [0.29, 0.717) is 13.0 Å². The highest BCUT2D eigenvalue weighted by molar-refractivity contribution is 5.77. The first-order valence-corrected chi connectivity index (χ1v) is 5.82. The third-order valence-electron chi connectivity index (χ3n) is 3.17. The van der Waals surface area contributed by atoms with E-state index in [1.165, 1.54) is 0 Å². The largest absolute Gasteiger partial charge is 0.467 e. The Morgan fingerprint density at radius 1 is 1.62 bits per heavy atom. The molecule has 1 amide bonds. The molecule has 2 N–H and O–H groups in total. The summed E-state index contributed by atoms with van der Waals surface area (Å²) in [7, 11) is 0. The fraction of sp³-hybridized carbons (Fsp3) is 0.583. The maximum absolute atomic E-state index is 11.9. The fourth-order valence-electron chi connectivity index (χ4n) is 2.37. The highest BCUT2D eigenvalue weighted by Crippen LogP contribution is 2.29. The van der Waals surface area contributed by atoms with Crippen LogP contribution in [0.1, 0.15) is 38.0 Å². The molecule has 0 aliphatic carbocycles. The van der Waals surface area contributed by atoms with Crippen molar-refractivity contribution in [2.24, 2.45) is 5.73 Å². The van der Waals surface area contributed by atoms with Crippen molar-refractivity contribution < 1.29 is 9.21 Å². The van der Waals surface area contributed by atoms with E-state index in [2.05, 4.69) is 0 Å². The van der Waals surface area contributed by atoms with Gasteiger partial charge in [0.05, 0.1) is 6.26 Å². The summed E-state index contributed by atoms with van der Waals surface area (Å²) < 4.78 is 5.41. The van der Waals surface area contributed by atoms with Gasteiger partial charge in [-0.2, -0.15) is 0 Å². The Bertz CT molecular complexity index is 348. The van der Waals surface area contributed by atoms with Gasteiger partial charge in [-0.25, -0.2) is 0 Å². The number of likely N-dealkylation sites (tertiary alicyclic amines) is 1. The van der Waals surface area contributed by atoms with Crippen molar-refractivity contribution >= 4 is 5.91 Å². The quantitative estimate of drug-likeness (QED) is 0.828. The van der Waals surface area contributed by atoms with Gasteiger partial charge in [0.25, 0.3) is 0 Å². The Balaban J connectivity index is 2.31. The van der Waals surface area contributed by atoms with Crippen LogP contribution in [0.4, 0.5) is 0 Å². The monoisotopic (exact) mass is 222 g/mol. The van der Waals surface area contributed by atoms with Gasteiger partial charge in [-0.15, -0.1) is 0 Å². The number of likely N-dealkylation sites (N-methyl/N-ethyl adjacent to an activating group) is 1. The minimum absolute atomic E-state index is 0.0300. The van der Waals surface area contributed by atoms with Crippen molar-refractivity contribution in [3.8, 4) is 0 Å². The summed E-state index contributed by atoms with van der Waals surface area (Å²) in [4.78, 5) is 13.8. The first-order valence-electron chi connectivity index (χ1n) is 5.82. The van der Waals surface area contributed by atoms with Crippen LogP contribution in [0, 0.1) is 0 Å². The van der Waals surface area contributed by atoms with Crippen molar-refractivity contribution in [3.63, 3.8) is 0 Å². The van der Waals surface area contributed by atoms with Gasteiger partial charge in [-0.3, -0.25) is 4.79 Å². The van der Waals surface area contributed by atoms with E-state index < -0.39 is 0 Å². The van der Waals surface area contributed by atoms with Crippen LogP contribution >= 0.6 is 0 Å². The minimum Gasteiger partial charge on any atom is -0.467 e. The third-order valence-corrected chi connectivity index (χ3v) is 3.17. The highest BCUT2D eigenvalue weighted by atomic mass is 16.3. The van der Waals surface area contributed by atoms with E-state index in [-0.39, 0.29) is 18.0 Å². The van der Waals surface area contributed by atoms with Crippen LogP contribution in [0.3, 0.4) is 0 Å². The van der Waals surface area contributed by atoms with Crippen molar-refractivity contribution in [2.45, 2.75) is 38.3 Å². The Morgan fingerprint density at radius 3 is 3.06 bits per heavy atom. The Kier molecular flexibility index (Phi) is 3.29. The van der Waals surface area contributed by atoms with Crippen molar-refractivity contribution in [1.82, 2.24) is 4.90 Å². The molecular formula is C12H18N2O2. The number of carbonyl (C=O) groups excluding carboxylic acids is 1. The zero-order chi connectivity index (χ0) is 11.5. The van der Waals surface area contributed by atoms with Crippen molar-refractivity contribution in [1.29, 1.82) is 0 Å². The molecule has 1 aliphatic rings. The first kappa shape index (κ1) is 11.2. The zero-order valence-electron chi connectivity index (χ0n) is 9.56. The Labute approximate surface area is 95.4 Å². The van der Waals surface area contributed by atoms with E-state index in [0.717, 1.165) is 18.6 Å². The lowest BCUT2D eigenvalue weighted by atomic mass is 10.0. The number of nitrogens with zero attached hydrogens (tertiary/aromatic N) is 1. The molecule has 0 radical (unpaired) electrons. The minimum atomic E-state index is -0.102. The summed E-state index contributed by atoms with van der Waals surface area (Å²) in [6.07, 6.45) is 3.96. The van der Waals surface area contributed by atoms with E-state index in [1.54, 1.807) is 6.26 Å². The Hall–Kier alpha value is -1.29. The predicted octanol–water partition coefficient (Wildman–Crippen LogP) is 1.68. The molecule has 1 aromatic rings. The van der Waals surface area contributed by atoms with Gasteiger partial charge in [0.1, 0.15) is 11.8 Å². The van der Waals surface area contributed by atoms with Gasteiger partial charge in [0.15, 0.2) is 0 Å². The lowest BCUT2D eigenvalue weighted by Crippen LogP contribution is -2.41. The number of hydrogen-bond acceptors (Lipinski definition) is 3. The van der Waals surface area contributed by atoms with Crippen LogP contribution in [0.2, 0.25) is 0 Å². The average molecular weight is 222 g/mol. The second-order valence-corrected chi connectivity index (χ2v) is 4.20. The molecule has 0 spiro atoms. The second-order valence-electron chi connectivity index (χ2n) is 4.20. The number of hydrogen-bond donors (Lipinski definition) is 1. The predicted molar refractivity (Wildman–Crippen MR) is 60.7 cm³/mol. The highest BCUT2D eigenvalue weighted by Gasteiger charge is 2.33. The average Bonchev–Trinajstić information content (AvgIpc) is 2.73. The summed E-state index contributed by atoms with van der Waals surface area (Å²) in [5.41, 5.74) is 6.14. The molecule has 0 saturated carbocycles. The van der Waals surface area contributed by atoms with Crippen LogP contribution in [0.25, 0.3) is 0 Å². The summed E-state index contributed by atoms with van der Waals surface area (Å²) >= 11 is 0. The van der Waals surface area contributed by atoms with E-state index in [9.17, 15) is 4.79 Å². The SMILES string of the molecule is CCN1C(=O)CCCC(N)C1c1ccco1. The molecule has 1 aliphatic heterocycles. The van der Waals surface area contributed by atoms with Crippen molar-refractivity contribution in [2.75, 3.05) is 6.54 Å². The zero-order valence-corrected chi connectivity index (χ0v) is 9.56. The van der Waals surface area contributed by atoms with Crippen LogP contribution < -0.4 is 5.73 Å². The van der Waals surface area contributed by atoms with Gasteiger partial charge in [-0.05, 0) is 31.9 Å². The lowest BCUT2D eigenvalue weighted by Gasteiger charge is -2.31. The van der Waals surface area contributed by atoms with Gasteiger partial charge < -0.3 is 15.1 Å². The normalized spacial score (nSPS) is 26.9. The molecule has 2 rings (SSSR count). The summed E-state index contributed by atoms with van der Waals surface area (Å²) in [6.45, 7) is 2.66. The molecule has 1 saturated heterocycles. The molecule has 0 bridgehead atoms. The molecular weight excluding hydrogens is 204 g/mol. The van der Waals surface area contributed by atoms with E-state index in [4.69, 9.17) is 10.2 Å². The van der Waals surface area contributed by atoms with Crippen LogP contribution in [0.5, 0.6) is 0 Å². The molecule has 2 unspecified atom stereocenters. The molecule has 88 valence electrons. The van der Waals surface area contributed by atoms with Crippen LogP contribution in [0.15, 0.2) is 22.8 Å². The van der Waals surface area contributed by atoms with Gasteiger partial charge in [0.2, 0.25) is 5.91 Å². The number of amides is 1. The standard InChI is InChI=1S/C12H18N2O2/c1-2-14-11(15)7-3-5-9(13)12(14)10-6-4-8-16-10/h4,6,8-9,12H,2-3,5,7,13H2,1H3. The molecule has 1 aromatic heterocycles. The smallest absolute Gasteiger partial charge is 0.223 e. The second kappa shape index (κ2) is 4.70. The number of rotatable bonds is 2. The Morgan fingerprint density at radius 2 is 2.44 bits per heavy atom. The topological polar surface area (TPSA) is 59.5 Å². The van der Waals surface area contributed by atoms with Crippen LogP contribution in [-0.2, 0) is 4.79 Å². The van der Waals surface area contributed by atoms with Crippen molar-refractivity contribution in [3.05, 3.63) is 24.2 Å². The van der Waals surface area contributed by atoms with E-state index >= 15 is 0 Å². The fourth-order valence-corrected chi connectivity index (χ4v) is 2.37. The molecule has 2 heterocycles. The maximum Gasteiger partial charge on any atom is 0.223 e. The van der Waals surface area contributed by atoms with E-state index in [1.807, 2.05) is 24.0 Å². The molecule has 4 nitrogen and oxygen atoms in total.